The van der Waals surface area contributed by atoms with Gasteiger partial charge in [0, 0.05) is 63.6 Å². The van der Waals surface area contributed by atoms with E-state index in [2.05, 4.69) is 10.2 Å². The number of nitrogens with zero attached hydrogens (tertiary/aromatic N) is 2. The first kappa shape index (κ1) is 27.9. The summed E-state index contributed by atoms with van der Waals surface area (Å²) in [4.78, 5) is 51.5. The van der Waals surface area contributed by atoms with Gasteiger partial charge in [0.25, 0.3) is 0 Å². The van der Waals surface area contributed by atoms with Crippen molar-refractivity contribution in [2.45, 2.75) is 52.2 Å². The molecule has 1 unspecified atom stereocenters. The van der Waals surface area contributed by atoms with E-state index in [0.717, 1.165) is 44.5 Å². The normalized spacial score (nSPS) is 17.5. The molecule has 2 saturated heterocycles. The van der Waals surface area contributed by atoms with Crippen molar-refractivity contribution < 1.29 is 33.4 Å². The Morgan fingerprint density at radius 3 is 2.19 bits per heavy atom. The van der Waals surface area contributed by atoms with E-state index < -0.39 is 18.4 Å². The van der Waals surface area contributed by atoms with Crippen molar-refractivity contribution in [2.24, 2.45) is 11.8 Å². The summed E-state index contributed by atoms with van der Waals surface area (Å²) in [7, 11) is 1.40. The third kappa shape index (κ3) is 8.19. The molecule has 202 valence electrons. The van der Waals surface area contributed by atoms with Gasteiger partial charge in [-0.05, 0) is 55.9 Å². The number of hydrogen-bond donors (Lipinski definition) is 2. The lowest BCUT2D eigenvalue weighted by Gasteiger charge is -2.38. The first-order valence-electron chi connectivity index (χ1n) is 12.6. The second-order valence-corrected chi connectivity index (χ2v) is 9.44. The van der Waals surface area contributed by atoms with Crippen LogP contribution in [0.3, 0.4) is 0 Å². The minimum absolute atomic E-state index is 0.00504. The van der Waals surface area contributed by atoms with Crippen LogP contribution in [0.1, 0.15) is 51.5 Å². The molecule has 11 nitrogen and oxygen atoms in total. The Balaban J connectivity index is 1.43. The number of rotatable bonds is 7. The fourth-order valence-corrected chi connectivity index (χ4v) is 4.77. The second kappa shape index (κ2) is 13.1. The van der Waals surface area contributed by atoms with Crippen molar-refractivity contribution >= 4 is 35.5 Å². The lowest BCUT2D eigenvalue weighted by molar-refractivity contribution is -0.161. The molecule has 0 bridgehead atoms. The van der Waals surface area contributed by atoms with Gasteiger partial charge in [-0.15, -0.1) is 0 Å². The van der Waals surface area contributed by atoms with E-state index in [-0.39, 0.29) is 29.5 Å². The molecule has 0 aliphatic carbocycles. The van der Waals surface area contributed by atoms with Crippen LogP contribution in [0.4, 0.5) is 10.5 Å². The molecule has 1 aromatic carbocycles. The monoisotopic (exact) mass is 516 g/mol. The molecular formula is C26H36N4O7. The molecule has 1 aromatic rings. The van der Waals surface area contributed by atoms with Gasteiger partial charge >= 0.3 is 18.0 Å². The van der Waals surface area contributed by atoms with Crippen molar-refractivity contribution in [3.63, 3.8) is 0 Å². The Morgan fingerprint density at radius 1 is 1.00 bits per heavy atom. The van der Waals surface area contributed by atoms with Crippen molar-refractivity contribution in [2.75, 3.05) is 38.2 Å². The summed E-state index contributed by atoms with van der Waals surface area (Å²) in [6, 6.07) is 7.24. The molecule has 0 radical (unpaired) electrons. The van der Waals surface area contributed by atoms with Gasteiger partial charge in [-0.1, -0.05) is 0 Å². The fraction of sp³-hybridized carbons (Fsp3) is 0.577. The van der Waals surface area contributed by atoms with Crippen LogP contribution in [0.15, 0.2) is 24.3 Å². The Labute approximate surface area is 216 Å². The number of benzene rings is 1. The SMILES string of the molecule is COC(=O)CC1CCN(C(=O)C2CCN(c3ccc(C(=N)NC(=O)OC(C)OC(C)=O)cc3)CC2)CC1. The molecule has 11 heteroatoms. The zero-order chi connectivity index (χ0) is 26.9. The number of hydrogen-bond acceptors (Lipinski definition) is 9. The van der Waals surface area contributed by atoms with E-state index in [1.54, 1.807) is 12.1 Å². The highest BCUT2D eigenvalue weighted by molar-refractivity contribution is 6.04. The summed E-state index contributed by atoms with van der Waals surface area (Å²) in [5.74, 6) is -0.395. The molecule has 2 fully saturated rings. The third-order valence-corrected chi connectivity index (χ3v) is 6.81. The van der Waals surface area contributed by atoms with Crippen molar-refractivity contribution in [3.05, 3.63) is 29.8 Å². The molecule has 2 aliphatic rings. The smallest absolute Gasteiger partial charge is 0.415 e. The van der Waals surface area contributed by atoms with Gasteiger partial charge in [0.15, 0.2) is 0 Å². The summed E-state index contributed by atoms with van der Waals surface area (Å²) in [5.41, 5.74) is 1.48. The van der Waals surface area contributed by atoms with Crippen LogP contribution < -0.4 is 10.2 Å². The molecule has 0 saturated carbocycles. The Hall–Kier alpha value is -3.63. The van der Waals surface area contributed by atoms with E-state index in [1.165, 1.54) is 21.0 Å². The highest BCUT2D eigenvalue weighted by Crippen LogP contribution is 2.27. The molecule has 3 rings (SSSR count). The molecular weight excluding hydrogens is 480 g/mol. The maximum absolute atomic E-state index is 13.0. The lowest BCUT2D eigenvalue weighted by Crippen LogP contribution is -2.45. The Bertz CT molecular complexity index is 981. The van der Waals surface area contributed by atoms with Crippen molar-refractivity contribution in [1.29, 1.82) is 5.41 Å². The van der Waals surface area contributed by atoms with Gasteiger partial charge in [-0.3, -0.25) is 25.1 Å². The molecule has 2 heterocycles. The zero-order valence-electron chi connectivity index (χ0n) is 21.7. The van der Waals surface area contributed by atoms with Crippen LogP contribution in [0.25, 0.3) is 0 Å². The van der Waals surface area contributed by atoms with Crippen LogP contribution in [0, 0.1) is 17.2 Å². The number of nitrogens with one attached hydrogen (secondary N) is 2. The number of carbonyl (C=O) groups excluding carboxylic acids is 4. The topological polar surface area (TPSA) is 138 Å². The van der Waals surface area contributed by atoms with Crippen LogP contribution in [-0.4, -0.2) is 74.3 Å². The number of piperidine rings is 2. The van der Waals surface area contributed by atoms with Gasteiger partial charge < -0.3 is 24.0 Å². The number of ether oxygens (including phenoxy) is 3. The molecule has 37 heavy (non-hydrogen) atoms. The van der Waals surface area contributed by atoms with Gasteiger partial charge in [-0.25, -0.2) is 4.79 Å². The van der Waals surface area contributed by atoms with Gasteiger partial charge in [-0.2, -0.15) is 0 Å². The number of likely N-dealkylation sites (tertiary alicyclic amines) is 1. The molecule has 1 atom stereocenters. The summed E-state index contributed by atoms with van der Waals surface area (Å²) in [6.45, 7) is 5.51. The predicted molar refractivity (Wildman–Crippen MR) is 135 cm³/mol. The maximum Gasteiger partial charge on any atom is 0.415 e. The van der Waals surface area contributed by atoms with E-state index in [4.69, 9.17) is 19.6 Å². The number of carbonyl (C=O) groups is 4. The fourth-order valence-electron chi connectivity index (χ4n) is 4.77. The standard InChI is InChI=1S/C26H36N4O7/c1-17(31)36-18(2)37-26(34)28-24(27)20-4-6-22(7-5-20)29-14-10-21(11-15-29)25(33)30-12-8-19(9-13-30)16-23(32)35-3/h4-7,18-19,21H,8-16H2,1-3H3,(H2,27,28,34). The van der Waals surface area contributed by atoms with Crippen LogP contribution in [0.2, 0.25) is 0 Å². The second-order valence-electron chi connectivity index (χ2n) is 9.44. The first-order chi connectivity index (χ1) is 17.7. The quantitative estimate of drug-likeness (QED) is 0.244. The zero-order valence-corrected chi connectivity index (χ0v) is 21.7. The van der Waals surface area contributed by atoms with Gasteiger partial charge in [0.05, 0.1) is 7.11 Å². The lowest BCUT2D eigenvalue weighted by atomic mass is 9.90. The van der Waals surface area contributed by atoms with Gasteiger partial charge in [0.1, 0.15) is 5.84 Å². The van der Waals surface area contributed by atoms with Gasteiger partial charge in [0.2, 0.25) is 12.2 Å². The molecule has 0 aromatic heterocycles. The van der Waals surface area contributed by atoms with Crippen LogP contribution >= 0.6 is 0 Å². The maximum atomic E-state index is 13.0. The van der Waals surface area contributed by atoms with E-state index in [1.807, 2.05) is 17.0 Å². The summed E-state index contributed by atoms with van der Waals surface area (Å²) < 4.78 is 14.4. The number of anilines is 1. The summed E-state index contributed by atoms with van der Waals surface area (Å²) in [5, 5.41) is 10.4. The number of methoxy groups -OCH3 is 1. The number of amidine groups is 1. The average Bonchev–Trinajstić information content (AvgIpc) is 2.88. The first-order valence-corrected chi connectivity index (χ1v) is 12.6. The number of amides is 2. The third-order valence-electron chi connectivity index (χ3n) is 6.81. The van der Waals surface area contributed by atoms with Crippen LogP contribution in [-0.2, 0) is 28.6 Å². The molecule has 2 N–H and O–H groups in total. The molecule has 0 spiro atoms. The minimum Gasteiger partial charge on any atom is -0.469 e. The summed E-state index contributed by atoms with van der Waals surface area (Å²) >= 11 is 0. The highest BCUT2D eigenvalue weighted by Gasteiger charge is 2.31. The van der Waals surface area contributed by atoms with E-state index >= 15 is 0 Å². The molecule has 2 aliphatic heterocycles. The van der Waals surface area contributed by atoms with E-state index in [9.17, 15) is 19.2 Å². The minimum atomic E-state index is -1.05. The van der Waals surface area contributed by atoms with Crippen molar-refractivity contribution in [3.8, 4) is 0 Å². The Morgan fingerprint density at radius 2 is 1.62 bits per heavy atom. The average molecular weight is 517 g/mol. The predicted octanol–water partition coefficient (Wildman–Crippen LogP) is 2.67. The van der Waals surface area contributed by atoms with Crippen molar-refractivity contribution in [1.82, 2.24) is 10.2 Å². The molecule has 2 amide bonds. The Kier molecular flexibility index (Phi) is 9.87. The largest absolute Gasteiger partial charge is 0.469 e. The summed E-state index contributed by atoms with van der Waals surface area (Å²) in [6.07, 6.45) is 1.68. The number of esters is 2. The number of alkyl carbamates (subject to hydrolysis) is 1. The highest BCUT2D eigenvalue weighted by atomic mass is 16.7. The van der Waals surface area contributed by atoms with Crippen LogP contribution in [0.5, 0.6) is 0 Å². The van der Waals surface area contributed by atoms with E-state index in [0.29, 0.717) is 25.1 Å².